The zero-order chi connectivity index (χ0) is 8.18. The fourth-order valence-corrected chi connectivity index (χ4v) is 4.02. The minimum Gasteiger partial charge on any atom is -0.299 e. The second kappa shape index (κ2) is 2.12. The maximum absolute atomic E-state index is 11.6. The first-order valence-electron chi connectivity index (χ1n) is 5.36. The number of carbonyl (C=O) groups excluding carboxylic acids is 1. The van der Waals surface area contributed by atoms with Crippen LogP contribution in [0, 0.1) is 17.3 Å². The number of hydrogen-bond donors (Lipinski definition) is 0. The molecule has 0 aromatic carbocycles. The largest absolute Gasteiger partial charge is 0.299 e. The number of hydrogen-bond acceptors (Lipinski definition) is 1. The first-order chi connectivity index (χ1) is 5.83. The maximum atomic E-state index is 11.6. The van der Waals surface area contributed by atoms with Crippen molar-refractivity contribution in [1.82, 2.24) is 0 Å². The predicted octanol–water partition coefficient (Wildman–Crippen LogP) is 2.55. The molecule has 0 aromatic rings. The molecule has 0 aliphatic heterocycles. The molecular formula is C11H16O. The van der Waals surface area contributed by atoms with Gasteiger partial charge in [0.1, 0.15) is 5.78 Å². The molecule has 1 nitrogen and oxygen atoms in total. The molecule has 12 heavy (non-hydrogen) atoms. The summed E-state index contributed by atoms with van der Waals surface area (Å²) in [5.41, 5.74) is 0.551. The Kier molecular flexibility index (Phi) is 1.26. The van der Waals surface area contributed by atoms with E-state index in [0.29, 0.717) is 17.1 Å². The monoisotopic (exact) mass is 164 g/mol. The quantitative estimate of drug-likeness (QED) is 0.537. The van der Waals surface area contributed by atoms with Crippen LogP contribution in [-0.2, 0) is 4.79 Å². The second-order valence-corrected chi connectivity index (χ2v) is 4.92. The Balaban J connectivity index is 1.95. The van der Waals surface area contributed by atoms with E-state index in [1.54, 1.807) is 0 Å². The van der Waals surface area contributed by atoms with E-state index >= 15 is 0 Å². The van der Waals surface area contributed by atoms with E-state index in [1.165, 1.54) is 38.5 Å². The molecular weight excluding hydrogens is 148 g/mol. The van der Waals surface area contributed by atoms with E-state index < -0.39 is 0 Å². The van der Waals surface area contributed by atoms with Crippen molar-refractivity contribution in [3.63, 3.8) is 0 Å². The smallest absolute Gasteiger partial charge is 0.136 e. The van der Waals surface area contributed by atoms with Crippen molar-refractivity contribution >= 4 is 5.78 Å². The fraction of sp³-hybridized carbons (Fsp3) is 0.909. The van der Waals surface area contributed by atoms with Crippen LogP contribution in [0.2, 0.25) is 0 Å². The van der Waals surface area contributed by atoms with E-state index in [9.17, 15) is 4.79 Å². The molecule has 3 atom stereocenters. The van der Waals surface area contributed by atoms with E-state index in [4.69, 9.17) is 0 Å². The van der Waals surface area contributed by atoms with Crippen LogP contribution in [0.15, 0.2) is 0 Å². The van der Waals surface area contributed by atoms with Gasteiger partial charge in [0.25, 0.3) is 0 Å². The molecule has 1 heteroatoms. The van der Waals surface area contributed by atoms with Crippen molar-refractivity contribution in [2.45, 2.75) is 44.9 Å². The third-order valence-corrected chi connectivity index (χ3v) is 4.73. The lowest BCUT2D eigenvalue weighted by Gasteiger charge is -2.53. The van der Waals surface area contributed by atoms with Gasteiger partial charge in [-0.1, -0.05) is 6.42 Å². The van der Waals surface area contributed by atoms with E-state index in [2.05, 4.69) is 0 Å². The molecule has 0 amide bonds. The van der Waals surface area contributed by atoms with Gasteiger partial charge in [0.2, 0.25) is 0 Å². The summed E-state index contributed by atoms with van der Waals surface area (Å²) in [6.45, 7) is 0. The van der Waals surface area contributed by atoms with Crippen molar-refractivity contribution in [2.24, 2.45) is 17.3 Å². The van der Waals surface area contributed by atoms with Crippen LogP contribution in [0.4, 0.5) is 0 Å². The van der Waals surface area contributed by atoms with Crippen LogP contribution in [0.3, 0.4) is 0 Å². The van der Waals surface area contributed by atoms with Gasteiger partial charge < -0.3 is 0 Å². The standard InChI is InChI=1S/C11H16O/c12-10-4-3-8-2-1-6-11(8)7-5-9(10)11/h8-9H,1-7H2. The van der Waals surface area contributed by atoms with Gasteiger partial charge in [-0.05, 0) is 43.4 Å². The van der Waals surface area contributed by atoms with Gasteiger partial charge in [0, 0.05) is 12.3 Å². The maximum Gasteiger partial charge on any atom is 0.136 e. The number of ketones is 1. The van der Waals surface area contributed by atoms with E-state index in [-0.39, 0.29) is 0 Å². The van der Waals surface area contributed by atoms with Crippen LogP contribution in [0.1, 0.15) is 44.9 Å². The molecule has 0 bridgehead atoms. The van der Waals surface area contributed by atoms with Gasteiger partial charge in [0.05, 0.1) is 0 Å². The first-order valence-corrected chi connectivity index (χ1v) is 5.36. The van der Waals surface area contributed by atoms with Gasteiger partial charge in [-0.25, -0.2) is 0 Å². The van der Waals surface area contributed by atoms with Crippen molar-refractivity contribution in [1.29, 1.82) is 0 Å². The minimum atomic E-state index is 0.513. The topological polar surface area (TPSA) is 17.1 Å². The summed E-state index contributed by atoms with van der Waals surface area (Å²) in [5.74, 6) is 2.05. The zero-order valence-electron chi connectivity index (χ0n) is 7.51. The molecule has 3 aliphatic rings. The van der Waals surface area contributed by atoms with Gasteiger partial charge in [-0.3, -0.25) is 4.79 Å². The Bertz CT molecular complexity index is 233. The van der Waals surface area contributed by atoms with Gasteiger partial charge in [0.15, 0.2) is 0 Å². The lowest BCUT2D eigenvalue weighted by atomic mass is 9.50. The Hall–Kier alpha value is -0.330. The van der Waals surface area contributed by atoms with Crippen molar-refractivity contribution < 1.29 is 4.79 Å². The molecule has 0 radical (unpaired) electrons. The summed E-state index contributed by atoms with van der Waals surface area (Å²) in [5, 5.41) is 0. The average molecular weight is 164 g/mol. The summed E-state index contributed by atoms with van der Waals surface area (Å²) in [6.07, 6.45) is 8.89. The lowest BCUT2D eigenvalue weighted by Crippen LogP contribution is -2.50. The third kappa shape index (κ3) is 0.641. The van der Waals surface area contributed by atoms with Crippen LogP contribution in [0.5, 0.6) is 0 Å². The molecule has 66 valence electrons. The van der Waals surface area contributed by atoms with Crippen LogP contribution >= 0.6 is 0 Å². The van der Waals surface area contributed by atoms with Gasteiger partial charge in [-0.2, -0.15) is 0 Å². The molecule has 0 saturated heterocycles. The number of Topliss-reactive ketones (excluding diaryl/α,β-unsaturated/α-hetero) is 1. The molecule has 0 N–H and O–H groups in total. The molecule has 0 aromatic heterocycles. The highest BCUT2D eigenvalue weighted by atomic mass is 16.1. The normalized spacial score (nSPS) is 51.2. The summed E-state index contributed by atoms with van der Waals surface area (Å²) >= 11 is 0. The second-order valence-electron chi connectivity index (χ2n) is 4.92. The Labute approximate surface area is 73.5 Å². The summed E-state index contributed by atoms with van der Waals surface area (Å²) in [6, 6.07) is 0. The Morgan fingerprint density at radius 3 is 2.83 bits per heavy atom. The molecule has 1 spiro atoms. The van der Waals surface area contributed by atoms with Crippen molar-refractivity contribution in [2.75, 3.05) is 0 Å². The highest BCUT2D eigenvalue weighted by Crippen LogP contribution is 2.64. The molecule has 3 fully saturated rings. The molecule has 3 unspecified atom stereocenters. The van der Waals surface area contributed by atoms with Crippen molar-refractivity contribution in [3.05, 3.63) is 0 Å². The molecule has 3 rings (SSSR count). The van der Waals surface area contributed by atoms with E-state index in [0.717, 1.165) is 12.3 Å². The predicted molar refractivity (Wildman–Crippen MR) is 46.7 cm³/mol. The van der Waals surface area contributed by atoms with Crippen LogP contribution in [0.25, 0.3) is 0 Å². The number of carbonyl (C=O) groups is 1. The summed E-state index contributed by atoms with van der Waals surface area (Å²) < 4.78 is 0. The highest BCUT2D eigenvalue weighted by molar-refractivity contribution is 5.84. The zero-order valence-corrected chi connectivity index (χ0v) is 7.51. The van der Waals surface area contributed by atoms with Gasteiger partial charge >= 0.3 is 0 Å². The minimum absolute atomic E-state index is 0.513. The number of rotatable bonds is 0. The van der Waals surface area contributed by atoms with Crippen molar-refractivity contribution in [3.8, 4) is 0 Å². The highest BCUT2D eigenvalue weighted by Gasteiger charge is 2.58. The van der Waals surface area contributed by atoms with Crippen LogP contribution in [-0.4, -0.2) is 5.78 Å². The lowest BCUT2D eigenvalue weighted by molar-refractivity contribution is -0.143. The Morgan fingerprint density at radius 2 is 2.08 bits per heavy atom. The third-order valence-electron chi connectivity index (χ3n) is 4.73. The molecule has 0 heterocycles. The summed E-state index contributed by atoms with van der Waals surface area (Å²) in [4.78, 5) is 11.6. The molecule has 3 aliphatic carbocycles. The van der Waals surface area contributed by atoms with Gasteiger partial charge in [-0.15, -0.1) is 0 Å². The molecule has 3 saturated carbocycles. The Morgan fingerprint density at radius 1 is 1.17 bits per heavy atom. The average Bonchev–Trinajstić information content (AvgIpc) is 2.42. The van der Waals surface area contributed by atoms with E-state index in [1.807, 2.05) is 0 Å². The van der Waals surface area contributed by atoms with Crippen LogP contribution < -0.4 is 0 Å². The first kappa shape index (κ1) is 7.11. The fourth-order valence-electron chi connectivity index (χ4n) is 4.02. The SMILES string of the molecule is O=C1CCC2CCCC23CCC13. The summed E-state index contributed by atoms with van der Waals surface area (Å²) in [7, 11) is 0.